The molecule has 7 nitrogen and oxygen atoms in total. The van der Waals surface area contributed by atoms with E-state index in [-0.39, 0.29) is 5.65 Å². The minimum atomic E-state index is -4.65. The molecule has 0 spiro atoms. The lowest BCUT2D eigenvalue weighted by molar-refractivity contribution is -0.146. The van der Waals surface area contributed by atoms with Crippen LogP contribution in [-0.2, 0) is 19.3 Å². The molecule has 0 aliphatic rings. The van der Waals surface area contributed by atoms with E-state index in [1.807, 2.05) is 48.5 Å². The molecule has 32 heavy (non-hydrogen) atoms. The third-order valence-electron chi connectivity index (χ3n) is 4.78. The van der Waals surface area contributed by atoms with E-state index in [4.69, 9.17) is 9.47 Å². The first-order valence-corrected chi connectivity index (χ1v) is 9.69. The lowest BCUT2D eigenvalue weighted by Gasteiger charge is -2.19. The lowest BCUT2D eigenvalue weighted by atomic mass is 10.2. The predicted octanol–water partition coefficient (Wildman–Crippen LogP) is 4.37. The summed E-state index contributed by atoms with van der Waals surface area (Å²) in [6, 6.07) is 18.3. The van der Waals surface area contributed by atoms with Gasteiger partial charge in [-0.1, -0.05) is 36.4 Å². The number of rotatable bonds is 7. The Hall–Kier alpha value is -3.82. The van der Waals surface area contributed by atoms with Gasteiger partial charge in [0.15, 0.2) is 17.1 Å². The Labute approximate surface area is 182 Å². The molecule has 10 heteroatoms. The molecule has 0 fully saturated rings. The van der Waals surface area contributed by atoms with Crippen LogP contribution in [0.4, 0.5) is 19.0 Å². The van der Waals surface area contributed by atoms with Crippen LogP contribution in [0.25, 0.3) is 5.65 Å². The molecule has 0 unspecified atom stereocenters. The van der Waals surface area contributed by atoms with Crippen molar-refractivity contribution in [3.8, 4) is 11.5 Å². The Morgan fingerprint density at radius 2 is 1.72 bits per heavy atom. The molecular formula is C22H20F3N5O2. The summed E-state index contributed by atoms with van der Waals surface area (Å²) in [5.74, 6) is 0.338. The summed E-state index contributed by atoms with van der Waals surface area (Å²) in [4.78, 5) is 1.72. The van der Waals surface area contributed by atoms with Gasteiger partial charge in [0.05, 0.1) is 7.11 Å². The Morgan fingerprint density at radius 1 is 0.938 bits per heavy atom. The van der Waals surface area contributed by atoms with Crippen molar-refractivity contribution in [2.45, 2.75) is 19.3 Å². The number of aromatic nitrogens is 4. The summed E-state index contributed by atoms with van der Waals surface area (Å²) in [5, 5.41) is 10.8. The molecule has 0 aliphatic carbocycles. The first-order chi connectivity index (χ1) is 15.3. The zero-order valence-corrected chi connectivity index (χ0v) is 17.4. The fourth-order valence-corrected chi connectivity index (χ4v) is 3.18. The van der Waals surface area contributed by atoms with Crippen LogP contribution in [0.1, 0.15) is 17.0 Å². The van der Waals surface area contributed by atoms with Crippen molar-refractivity contribution in [2.24, 2.45) is 0 Å². The van der Waals surface area contributed by atoms with Crippen LogP contribution in [0, 0.1) is 0 Å². The second kappa shape index (κ2) is 8.74. The van der Waals surface area contributed by atoms with Crippen molar-refractivity contribution in [3.05, 3.63) is 77.6 Å². The van der Waals surface area contributed by atoms with E-state index in [1.54, 1.807) is 25.1 Å². The zero-order valence-electron chi connectivity index (χ0n) is 17.4. The van der Waals surface area contributed by atoms with E-state index in [1.165, 1.54) is 6.07 Å². The van der Waals surface area contributed by atoms with Gasteiger partial charge in [-0.15, -0.1) is 15.3 Å². The molecule has 4 aromatic rings. The van der Waals surface area contributed by atoms with Gasteiger partial charge in [-0.3, -0.25) is 0 Å². The standard InChI is InChI=1S/C22H20F3N5O2/c1-29(20-11-10-19-26-27-21(22(23,24)25)30(19)28-20)13-16-8-9-17(18(12-16)31-2)32-14-15-6-4-3-5-7-15/h3-12H,13-14H2,1-2H3. The van der Waals surface area contributed by atoms with E-state index in [0.717, 1.165) is 11.1 Å². The molecule has 0 saturated heterocycles. The molecular weight excluding hydrogens is 423 g/mol. The van der Waals surface area contributed by atoms with Gasteiger partial charge >= 0.3 is 6.18 Å². The molecule has 2 heterocycles. The topological polar surface area (TPSA) is 64.8 Å². The molecule has 2 aromatic heterocycles. The molecule has 2 aromatic carbocycles. The van der Waals surface area contributed by atoms with Crippen molar-refractivity contribution < 1.29 is 22.6 Å². The number of hydrogen-bond acceptors (Lipinski definition) is 6. The highest BCUT2D eigenvalue weighted by Gasteiger charge is 2.37. The molecule has 0 radical (unpaired) electrons. The number of nitrogens with zero attached hydrogens (tertiary/aromatic N) is 5. The number of benzene rings is 2. The summed E-state index contributed by atoms with van der Waals surface area (Å²) in [6.07, 6.45) is -4.65. The molecule has 0 saturated carbocycles. The fourth-order valence-electron chi connectivity index (χ4n) is 3.18. The Morgan fingerprint density at radius 3 is 2.44 bits per heavy atom. The quantitative estimate of drug-likeness (QED) is 0.423. The Bertz CT molecular complexity index is 1210. The number of methoxy groups -OCH3 is 1. The largest absolute Gasteiger partial charge is 0.493 e. The summed E-state index contributed by atoms with van der Waals surface area (Å²) in [6.45, 7) is 0.790. The number of hydrogen-bond donors (Lipinski definition) is 0. The van der Waals surface area contributed by atoms with Gasteiger partial charge in [-0.05, 0) is 35.4 Å². The summed E-state index contributed by atoms with van der Waals surface area (Å²) >= 11 is 0. The Balaban J connectivity index is 1.51. The van der Waals surface area contributed by atoms with Crippen molar-refractivity contribution >= 4 is 11.5 Å². The average molecular weight is 443 g/mol. The van der Waals surface area contributed by atoms with Gasteiger partial charge in [0.1, 0.15) is 12.4 Å². The highest BCUT2D eigenvalue weighted by Crippen LogP contribution is 2.30. The summed E-state index contributed by atoms with van der Waals surface area (Å²) < 4.78 is 51.4. The van der Waals surface area contributed by atoms with Gasteiger partial charge < -0.3 is 14.4 Å². The maximum atomic E-state index is 13.1. The lowest BCUT2D eigenvalue weighted by Crippen LogP contribution is -2.20. The van der Waals surface area contributed by atoms with Crippen LogP contribution in [-0.4, -0.2) is 34.0 Å². The monoisotopic (exact) mass is 443 g/mol. The van der Waals surface area contributed by atoms with Crippen LogP contribution in [0.2, 0.25) is 0 Å². The van der Waals surface area contributed by atoms with Crippen LogP contribution >= 0.6 is 0 Å². The first-order valence-electron chi connectivity index (χ1n) is 9.69. The summed E-state index contributed by atoms with van der Waals surface area (Å²) in [7, 11) is 3.29. The zero-order chi connectivity index (χ0) is 22.7. The second-order valence-corrected chi connectivity index (χ2v) is 7.10. The predicted molar refractivity (Wildman–Crippen MR) is 112 cm³/mol. The second-order valence-electron chi connectivity index (χ2n) is 7.10. The molecule has 0 N–H and O–H groups in total. The molecule has 0 aliphatic heterocycles. The van der Waals surface area contributed by atoms with Crippen molar-refractivity contribution in [3.63, 3.8) is 0 Å². The maximum Gasteiger partial charge on any atom is 0.453 e. The van der Waals surface area contributed by atoms with Crippen LogP contribution in [0.5, 0.6) is 11.5 Å². The number of halogens is 3. The van der Waals surface area contributed by atoms with E-state index in [2.05, 4.69) is 15.3 Å². The normalized spacial score (nSPS) is 11.5. The smallest absolute Gasteiger partial charge is 0.453 e. The molecule has 0 amide bonds. The highest BCUT2D eigenvalue weighted by atomic mass is 19.4. The van der Waals surface area contributed by atoms with Gasteiger partial charge in [0, 0.05) is 13.6 Å². The van der Waals surface area contributed by atoms with Crippen LogP contribution < -0.4 is 14.4 Å². The van der Waals surface area contributed by atoms with E-state index < -0.39 is 12.0 Å². The number of alkyl halides is 3. The van der Waals surface area contributed by atoms with Crippen LogP contribution in [0.3, 0.4) is 0 Å². The molecule has 0 bridgehead atoms. The van der Waals surface area contributed by atoms with E-state index in [9.17, 15) is 13.2 Å². The Kier molecular flexibility index (Phi) is 5.85. The minimum Gasteiger partial charge on any atom is -0.493 e. The van der Waals surface area contributed by atoms with Crippen molar-refractivity contribution in [1.29, 1.82) is 0 Å². The van der Waals surface area contributed by atoms with Gasteiger partial charge in [0.25, 0.3) is 5.82 Å². The van der Waals surface area contributed by atoms with E-state index >= 15 is 0 Å². The van der Waals surface area contributed by atoms with Crippen molar-refractivity contribution in [2.75, 3.05) is 19.1 Å². The highest BCUT2D eigenvalue weighted by molar-refractivity contribution is 5.48. The number of fused-ring (bicyclic) bond motifs is 1. The molecule has 4 rings (SSSR count). The number of ether oxygens (including phenoxy) is 2. The minimum absolute atomic E-state index is 0.0241. The number of anilines is 1. The molecule has 166 valence electrons. The molecule has 0 atom stereocenters. The van der Waals surface area contributed by atoms with Gasteiger partial charge in [-0.25, -0.2) is 0 Å². The van der Waals surface area contributed by atoms with Gasteiger partial charge in [0.2, 0.25) is 0 Å². The van der Waals surface area contributed by atoms with E-state index in [0.29, 0.717) is 35.0 Å². The van der Waals surface area contributed by atoms with Gasteiger partial charge in [-0.2, -0.15) is 17.7 Å². The maximum absolute atomic E-state index is 13.1. The first kappa shape index (κ1) is 21.4. The van der Waals surface area contributed by atoms with Crippen LogP contribution in [0.15, 0.2) is 60.7 Å². The average Bonchev–Trinajstić information content (AvgIpc) is 3.22. The summed E-state index contributed by atoms with van der Waals surface area (Å²) in [5.41, 5.74) is 1.93. The van der Waals surface area contributed by atoms with Crippen molar-refractivity contribution in [1.82, 2.24) is 19.8 Å². The third-order valence-corrected chi connectivity index (χ3v) is 4.78. The fraction of sp³-hybridized carbons (Fsp3) is 0.227. The SMILES string of the molecule is COc1cc(CN(C)c2ccc3nnc(C(F)(F)F)n3n2)ccc1OCc1ccccc1. The third kappa shape index (κ3) is 4.58.